The Morgan fingerprint density at radius 3 is 2.67 bits per heavy atom. The molecule has 0 amide bonds. The van der Waals surface area contributed by atoms with Crippen molar-refractivity contribution in [2.24, 2.45) is 0 Å². The van der Waals surface area contributed by atoms with E-state index in [1.165, 1.54) is 0 Å². The molecule has 0 aliphatic rings. The number of benzene rings is 2. The van der Waals surface area contributed by atoms with E-state index >= 15 is 0 Å². The van der Waals surface area contributed by atoms with E-state index in [4.69, 9.17) is 27.9 Å². The summed E-state index contributed by atoms with van der Waals surface area (Å²) in [6.07, 6.45) is 2.47. The lowest BCUT2D eigenvalue weighted by Crippen LogP contribution is -1.99. The Bertz CT molecular complexity index is 1200. The number of nitrogens with one attached hydrogen (secondary N) is 1. The fourth-order valence-electron chi connectivity index (χ4n) is 3.15. The Balaban J connectivity index is 1.65. The van der Waals surface area contributed by atoms with Gasteiger partial charge in [0.1, 0.15) is 23.1 Å². The summed E-state index contributed by atoms with van der Waals surface area (Å²) in [6.45, 7) is 4.31. The molecule has 0 fully saturated rings. The van der Waals surface area contributed by atoms with Crippen LogP contribution in [0.15, 0.2) is 41.9 Å². The first-order chi connectivity index (χ1) is 14.5. The molecule has 2 N–H and O–H groups in total. The average molecular weight is 460 g/mol. The molecule has 0 aliphatic heterocycles. The van der Waals surface area contributed by atoms with Gasteiger partial charge in [-0.05, 0) is 42.7 Å². The molecule has 8 heteroatoms. The number of nitrogens with zero attached hydrogens (tertiary/aromatic N) is 2. The van der Waals surface area contributed by atoms with Gasteiger partial charge in [-0.15, -0.1) is 11.3 Å². The third-order valence-electron chi connectivity index (χ3n) is 4.70. The first kappa shape index (κ1) is 20.7. The monoisotopic (exact) mass is 459 g/mol. The fourth-order valence-corrected chi connectivity index (χ4v) is 4.28. The predicted octanol–water partition coefficient (Wildman–Crippen LogP) is 6.66. The molecule has 0 bridgehead atoms. The summed E-state index contributed by atoms with van der Waals surface area (Å²) in [7, 11) is 0. The molecule has 0 radical (unpaired) electrons. The number of halogens is 2. The zero-order chi connectivity index (χ0) is 21.3. The van der Waals surface area contributed by atoms with Gasteiger partial charge < -0.3 is 9.84 Å². The van der Waals surface area contributed by atoms with Crippen LogP contribution in [0.3, 0.4) is 0 Å². The summed E-state index contributed by atoms with van der Waals surface area (Å²) >= 11 is 13.6. The average Bonchev–Trinajstić information content (AvgIpc) is 3.37. The maximum Gasteiger partial charge on any atom is 0.128 e. The number of hydrogen-bond donors (Lipinski definition) is 2. The molecule has 0 atom stereocenters. The first-order valence-corrected chi connectivity index (χ1v) is 11.0. The van der Waals surface area contributed by atoms with E-state index in [1.807, 2.05) is 31.4 Å². The summed E-state index contributed by atoms with van der Waals surface area (Å²) in [5.74, 6) is 0.728. The first-order valence-electron chi connectivity index (χ1n) is 9.35. The Morgan fingerprint density at radius 2 is 1.97 bits per heavy atom. The molecule has 30 heavy (non-hydrogen) atoms. The van der Waals surface area contributed by atoms with Gasteiger partial charge in [-0.3, -0.25) is 5.10 Å². The Kier molecular flexibility index (Phi) is 5.99. The van der Waals surface area contributed by atoms with Crippen molar-refractivity contribution in [1.82, 2.24) is 15.2 Å². The van der Waals surface area contributed by atoms with Gasteiger partial charge in [0.25, 0.3) is 0 Å². The molecule has 4 rings (SSSR count). The molecular weight excluding hydrogens is 441 g/mol. The minimum Gasteiger partial charge on any atom is -0.507 e. The molecule has 2 aromatic heterocycles. The van der Waals surface area contributed by atoms with E-state index < -0.39 is 0 Å². The zero-order valence-corrected chi connectivity index (χ0v) is 18.7. The summed E-state index contributed by atoms with van der Waals surface area (Å²) < 4.78 is 5.98. The third kappa shape index (κ3) is 4.17. The molecule has 2 heterocycles. The smallest absolute Gasteiger partial charge is 0.128 e. The lowest BCUT2D eigenvalue weighted by atomic mass is 10.0. The topological polar surface area (TPSA) is 71.0 Å². The van der Waals surface area contributed by atoms with Crippen molar-refractivity contribution in [3.63, 3.8) is 0 Å². The van der Waals surface area contributed by atoms with Gasteiger partial charge in [-0.1, -0.05) is 36.2 Å². The minimum absolute atomic E-state index is 0.107. The number of aryl methyl sites for hydroxylation is 2. The van der Waals surface area contributed by atoms with Crippen molar-refractivity contribution in [2.45, 2.75) is 26.9 Å². The van der Waals surface area contributed by atoms with Crippen LogP contribution in [-0.2, 0) is 13.0 Å². The SMILES string of the molecule is CCc1cc(-c2[nH]ncc2-c2nc(C)cs2)c(O)cc1OCc1ccc(Cl)c(Cl)c1. The van der Waals surface area contributed by atoms with Crippen molar-refractivity contribution in [2.75, 3.05) is 0 Å². The van der Waals surface area contributed by atoms with Crippen LogP contribution in [0.5, 0.6) is 11.5 Å². The molecule has 0 unspecified atom stereocenters. The van der Waals surface area contributed by atoms with Crippen LogP contribution in [0, 0.1) is 6.92 Å². The van der Waals surface area contributed by atoms with Crippen LogP contribution in [0.1, 0.15) is 23.7 Å². The van der Waals surface area contributed by atoms with Gasteiger partial charge >= 0.3 is 0 Å². The van der Waals surface area contributed by atoms with Crippen molar-refractivity contribution in [3.05, 3.63) is 68.8 Å². The number of aromatic hydroxyl groups is 1. The van der Waals surface area contributed by atoms with Crippen LogP contribution in [0.25, 0.3) is 21.8 Å². The van der Waals surface area contributed by atoms with Crippen molar-refractivity contribution in [1.29, 1.82) is 0 Å². The number of rotatable bonds is 6. The molecule has 0 spiro atoms. The summed E-state index contributed by atoms with van der Waals surface area (Å²) in [5.41, 5.74) is 5.06. The molecular formula is C22H19Cl2N3O2S. The van der Waals surface area contributed by atoms with Gasteiger partial charge in [0, 0.05) is 22.7 Å². The van der Waals surface area contributed by atoms with Crippen LogP contribution < -0.4 is 4.74 Å². The van der Waals surface area contributed by atoms with Crippen LogP contribution in [0.2, 0.25) is 10.0 Å². The van der Waals surface area contributed by atoms with Crippen molar-refractivity contribution < 1.29 is 9.84 Å². The largest absolute Gasteiger partial charge is 0.507 e. The van der Waals surface area contributed by atoms with Crippen molar-refractivity contribution >= 4 is 34.5 Å². The van der Waals surface area contributed by atoms with Crippen LogP contribution in [-0.4, -0.2) is 20.3 Å². The normalized spacial score (nSPS) is 11.1. The number of phenols is 1. The molecule has 154 valence electrons. The predicted molar refractivity (Wildman–Crippen MR) is 122 cm³/mol. The Hall–Kier alpha value is -2.54. The lowest BCUT2D eigenvalue weighted by molar-refractivity contribution is 0.301. The molecule has 5 nitrogen and oxygen atoms in total. The number of ether oxygens (including phenoxy) is 1. The number of aromatic nitrogens is 3. The van der Waals surface area contributed by atoms with E-state index in [-0.39, 0.29) is 5.75 Å². The maximum absolute atomic E-state index is 10.8. The second kappa shape index (κ2) is 8.68. The molecule has 0 aliphatic carbocycles. The summed E-state index contributed by atoms with van der Waals surface area (Å²) in [6, 6.07) is 8.95. The summed E-state index contributed by atoms with van der Waals surface area (Å²) in [4.78, 5) is 4.54. The van der Waals surface area contributed by atoms with E-state index in [2.05, 4.69) is 15.2 Å². The third-order valence-corrected chi connectivity index (χ3v) is 6.43. The van der Waals surface area contributed by atoms with Gasteiger partial charge in [0.2, 0.25) is 0 Å². The van der Waals surface area contributed by atoms with Crippen LogP contribution in [0.4, 0.5) is 0 Å². The van der Waals surface area contributed by atoms with E-state index in [9.17, 15) is 5.11 Å². The second-order valence-electron chi connectivity index (χ2n) is 6.82. The zero-order valence-electron chi connectivity index (χ0n) is 16.4. The highest BCUT2D eigenvalue weighted by molar-refractivity contribution is 7.13. The standard InChI is InChI=1S/C22H19Cl2N3O2S/c1-3-14-7-15(21-16(9-25-27-21)22-26-12(2)11-30-22)19(28)8-20(14)29-10-13-4-5-17(23)18(24)6-13/h4-9,11,28H,3,10H2,1-2H3,(H,25,27). The molecule has 0 saturated carbocycles. The minimum atomic E-state index is 0.107. The van der Waals surface area contributed by atoms with Gasteiger partial charge in [0.15, 0.2) is 0 Å². The van der Waals surface area contributed by atoms with Gasteiger partial charge in [-0.25, -0.2) is 4.98 Å². The lowest BCUT2D eigenvalue weighted by Gasteiger charge is -2.14. The number of H-pyrrole nitrogens is 1. The van der Waals surface area contributed by atoms with E-state index in [0.29, 0.717) is 28.0 Å². The molecule has 0 saturated heterocycles. The highest BCUT2D eigenvalue weighted by atomic mass is 35.5. The molecule has 2 aromatic carbocycles. The number of thiazole rings is 1. The van der Waals surface area contributed by atoms with Gasteiger partial charge in [-0.2, -0.15) is 5.10 Å². The number of aromatic amines is 1. The van der Waals surface area contributed by atoms with E-state index in [0.717, 1.165) is 39.5 Å². The highest BCUT2D eigenvalue weighted by Gasteiger charge is 2.18. The van der Waals surface area contributed by atoms with E-state index in [1.54, 1.807) is 35.7 Å². The maximum atomic E-state index is 10.8. The second-order valence-corrected chi connectivity index (χ2v) is 8.49. The van der Waals surface area contributed by atoms with Gasteiger partial charge in [0.05, 0.1) is 27.5 Å². The van der Waals surface area contributed by atoms with Crippen LogP contribution >= 0.6 is 34.5 Å². The van der Waals surface area contributed by atoms with Crippen molar-refractivity contribution in [3.8, 4) is 33.3 Å². The number of hydrogen-bond acceptors (Lipinski definition) is 5. The highest BCUT2D eigenvalue weighted by Crippen LogP contribution is 2.40. The molecule has 4 aromatic rings. The Morgan fingerprint density at radius 1 is 1.13 bits per heavy atom. The Labute approximate surface area is 188 Å². The number of phenolic OH excluding ortho intramolecular Hbond substituents is 1. The summed E-state index contributed by atoms with van der Waals surface area (Å²) in [5, 5.41) is 21.8. The fraction of sp³-hybridized carbons (Fsp3) is 0.182. The quantitative estimate of drug-likeness (QED) is 0.338.